The minimum atomic E-state index is -0.975. The maximum Gasteiger partial charge on any atom is 0.142 e. The van der Waals surface area contributed by atoms with E-state index in [2.05, 4.69) is 45.9 Å². The van der Waals surface area contributed by atoms with Gasteiger partial charge in [-0.15, -0.1) is 0 Å². The maximum absolute atomic E-state index is 5.53. The highest BCUT2D eigenvalue weighted by molar-refractivity contribution is 9.10. The monoisotopic (exact) mass is 302 g/mol. The predicted molar refractivity (Wildman–Crippen MR) is 74.5 cm³/mol. The molecule has 0 spiro atoms. The largest absolute Gasteiger partial charge is 0.362 e. The molecule has 1 rings (SSSR count). The third-order valence-corrected chi connectivity index (χ3v) is 4.44. The van der Waals surface area contributed by atoms with Crippen molar-refractivity contribution in [2.45, 2.75) is 25.7 Å². The number of nitrogens with one attached hydrogen (secondary N) is 1. The topological polar surface area (TPSA) is 34.1 Å². The van der Waals surface area contributed by atoms with Crippen LogP contribution in [0.25, 0.3) is 0 Å². The summed E-state index contributed by atoms with van der Waals surface area (Å²) in [4.78, 5) is 4.20. The van der Waals surface area contributed by atoms with Crippen molar-refractivity contribution in [1.82, 2.24) is 4.98 Å². The van der Waals surface area contributed by atoms with E-state index in [0.717, 1.165) is 16.9 Å². The van der Waals surface area contributed by atoms with Gasteiger partial charge < -0.3 is 10.1 Å². The molecule has 0 aliphatic heterocycles. The molecule has 3 nitrogen and oxygen atoms in total. The number of halogens is 1. The zero-order chi connectivity index (χ0) is 12.0. The summed E-state index contributed by atoms with van der Waals surface area (Å²) in [6.45, 7) is 8.38. The molecule has 5 heteroatoms. The number of hydrogen-bond donors (Lipinski definition) is 1. The fraction of sp³-hybridized carbons (Fsp3) is 0.545. The molecule has 90 valence electrons. The molecule has 0 saturated carbocycles. The van der Waals surface area contributed by atoms with E-state index in [9.17, 15) is 0 Å². The van der Waals surface area contributed by atoms with E-state index in [-0.39, 0.29) is 0 Å². The van der Waals surface area contributed by atoms with Crippen molar-refractivity contribution < 1.29 is 4.74 Å². The van der Waals surface area contributed by atoms with Crippen LogP contribution < -0.4 is 5.32 Å². The van der Waals surface area contributed by atoms with Crippen LogP contribution >= 0.6 is 15.9 Å². The molecule has 0 unspecified atom stereocenters. The van der Waals surface area contributed by atoms with Gasteiger partial charge in [0.1, 0.15) is 12.5 Å². The molecule has 0 aliphatic rings. The Morgan fingerprint density at radius 2 is 2.19 bits per heavy atom. The second-order valence-corrected chi connectivity index (χ2v) is 11.3. The van der Waals surface area contributed by atoms with Crippen LogP contribution in [0.2, 0.25) is 25.7 Å². The van der Waals surface area contributed by atoms with Crippen LogP contribution in [0.1, 0.15) is 0 Å². The van der Waals surface area contributed by atoms with Gasteiger partial charge in [-0.3, -0.25) is 0 Å². The Morgan fingerprint density at radius 3 is 2.81 bits per heavy atom. The molecular formula is C11H19BrN2OSi. The summed E-state index contributed by atoms with van der Waals surface area (Å²) in [5.41, 5.74) is 0. The maximum atomic E-state index is 5.53. The lowest BCUT2D eigenvalue weighted by atomic mass is 10.5. The van der Waals surface area contributed by atoms with Crippen molar-refractivity contribution in [2.24, 2.45) is 0 Å². The third-order valence-electron chi connectivity index (χ3n) is 2.10. The molecule has 1 aromatic rings. The minimum Gasteiger partial charge on any atom is -0.362 e. The highest BCUT2D eigenvalue weighted by Gasteiger charge is 2.11. The zero-order valence-electron chi connectivity index (χ0n) is 10.1. The molecule has 0 amide bonds. The Morgan fingerprint density at radius 1 is 1.44 bits per heavy atom. The normalized spacial score (nSPS) is 11.5. The van der Waals surface area contributed by atoms with Crippen molar-refractivity contribution in [2.75, 3.05) is 18.7 Å². The van der Waals surface area contributed by atoms with Crippen LogP contribution in [-0.2, 0) is 4.74 Å². The van der Waals surface area contributed by atoms with E-state index in [1.54, 1.807) is 6.20 Å². The van der Waals surface area contributed by atoms with Crippen molar-refractivity contribution in [3.63, 3.8) is 0 Å². The molecule has 0 aliphatic carbocycles. The number of rotatable bonds is 6. The first-order chi connectivity index (χ1) is 7.49. The van der Waals surface area contributed by atoms with Crippen LogP contribution in [0.15, 0.2) is 22.8 Å². The van der Waals surface area contributed by atoms with Gasteiger partial charge in [-0.2, -0.15) is 0 Å². The van der Waals surface area contributed by atoms with E-state index >= 15 is 0 Å². The summed E-state index contributed by atoms with van der Waals surface area (Å²) in [5, 5.41) is 3.13. The lowest BCUT2D eigenvalue weighted by molar-refractivity contribution is 0.165. The number of anilines is 1. The van der Waals surface area contributed by atoms with E-state index in [4.69, 9.17) is 4.74 Å². The van der Waals surface area contributed by atoms with Gasteiger partial charge in [0.25, 0.3) is 0 Å². The SMILES string of the molecule is C[Si](C)(C)CCOCNc1ncccc1Br. The Balaban J connectivity index is 2.19. The Hall–Kier alpha value is -0.393. The Labute approximate surface area is 107 Å². The van der Waals surface area contributed by atoms with Crippen LogP contribution in [0, 0.1) is 0 Å². The first kappa shape index (κ1) is 13.7. The second kappa shape index (κ2) is 6.37. The highest BCUT2D eigenvalue weighted by Crippen LogP contribution is 2.17. The van der Waals surface area contributed by atoms with Crippen LogP contribution in [0.5, 0.6) is 0 Å². The Bertz CT molecular complexity index is 328. The fourth-order valence-corrected chi connectivity index (χ4v) is 2.24. The fourth-order valence-electron chi connectivity index (χ4n) is 1.09. The highest BCUT2D eigenvalue weighted by atomic mass is 79.9. The molecule has 0 atom stereocenters. The average molecular weight is 303 g/mol. The molecule has 0 radical (unpaired) electrons. The van der Waals surface area contributed by atoms with Crippen LogP contribution in [0.3, 0.4) is 0 Å². The van der Waals surface area contributed by atoms with Crippen LogP contribution in [0.4, 0.5) is 5.82 Å². The number of aromatic nitrogens is 1. The number of nitrogens with zero attached hydrogens (tertiary/aromatic N) is 1. The van der Waals surface area contributed by atoms with Gasteiger partial charge in [-0.05, 0) is 34.1 Å². The molecule has 1 heterocycles. The summed E-state index contributed by atoms with van der Waals surface area (Å²) >= 11 is 3.42. The smallest absolute Gasteiger partial charge is 0.142 e. The summed E-state index contributed by atoms with van der Waals surface area (Å²) < 4.78 is 6.49. The number of hydrogen-bond acceptors (Lipinski definition) is 3. The summed E-state index contributed by atoms with van der Waals surface area (Å²) in [7, 11) is -0.975. The van der Waals surface area contributed by atoms with Gasteiger partial charge in [0.2, 0.25) is 0 Å². The van der Waals surface area contributed by atoms with Crippen molar-refractivity contribution in [3.8, 4) is 0 Å². The molecule has 0 bridgehead atoms. The average Bonchev–Trinajstić information content (AvgIpc) is 2.18. The van der Waals surface area contributed by atoms with Crippen molar-refractivity contribution in [1.29, 1.82) is 0 Å². The quantitative estimate of drug-likeness (QED) is 0.495. The van der Waals surface area contributed by atoms with Gasteiger partial charge in [-0.1, -0.05) is 19.6 Å². The molecule has 0 fully saturated rings. The van der Waals surface area contributed by atoms with Gasteiger partial charge >= 0.3 is 0 Å². The molecule has 1 aromatic heterocycles. The molecule has 16 heavy (non-hydrogen) atoms. The van der Waals surface area contributed by atoms with Crippen LogP contribution in [-0.4, -0.2) is 26.4 Å². The van der Waals surface area contributed by atoms with E-state index in [1.807, 2.05) is 12.1 Å². The van der Waals surface area contributed by atoms with Gasteiger partial charge in [0, 0.05) is 20.9 Å². The van der Waals surface area contributed by atoms with Gasteiger partial charge in [-0.25, -0.2) is 4.98 Å². The first-order valence-corrected chi connectivity index (χ1v) is 9.91. The minimum absolute atomic E-state index is 0.514. The lowest BCUT2D eigenvalue weighted by Gasteiger charge is -2.15. The molecule has 1 N–H and O–H groups in total. The molecular weight excluding hydrogens is 284 g/mol. The van der Waals surface area contributed by atoms with Crippen molar-refractivity contribution >= 4 is 29.8 Å². The van der Waals surface area contributed by atoms with Gasteiger partial charge in [0.15, 0.2) is 0 Å². The van der Waals surface area contributed by atoms with E-state index < -0.39 is 8.07 Å². The summed E-state index contributed by atoms with van der Waals surface area (Å²) in [6.07, 6.45) is 1.76. The molecule has 0 saturated heterocycles. The predicted octanol–water partition coefficient (Wildman–Crippen LogP) is 3.57. The Kier molecular flexibility index (Phi) is 5.44. The number of ether oxygens (including phenoxy) is 1. The van der Waals surface area contributed by atoms with E-state index in [0.29, 0.717) is 6.73 Å². The number of pyridine rings is 1. The van der Waals surface area contributed by atoms with Crippen molar-refractivity contribution in [3.05, 3.63) is 22.8 Å². The lowest BCUT2D eigenvalue weighted by Crippen LogP contribution is -2.22. The third kappa shape index (κ3) is 5.63. The standard InChI is InChI=1S/C11H19BrN2OSi/c1-16(2,3)8-7-15-9-14-11-10(12)5-4-6-13-11/h4-6H,7-9H2,1-3H3,(H,13,14). The first-order valence-electron chi connectivity index (χ1n) is 5.41. The zero-order valence-corrected chi connectivity index (χ0v) is 12.7. The summed E-state index contributed by atoms with van der Waals surface area (Å²) in [5.74, 6) is 0.829. The van der Waals surface area contributed by atoms with Gasteiger partial charge in [0.05, 0.1) is 4.47 Å². The second-order valence-electron chi connectivity index (χ2n) is 4.87. The summed E-state index contributed by atoms with van der Waals surface area (Å²) in [6, 6.07) is 5.04. The molecule has 0 aromatic carbocycles. The van der Waals surface area contributed by atoms with E-state index in [1.165, 1.54) is 6.04 Å².